The zero-order valence-electron chi connectivity index (χ0n) is 13.2. The van der Waals surface area contributed by atoms with Crippen molar-refractivity contribution in [2.24, 2.45) is 5.10 Å². The van der Waals surface area contributed by atoms with Gasteiger partial charge in [0.2, 0.25) is 0 Å². The second-order valence-electron chi connectivity index (χ2n) is 5.00. The highest BCUT2D eigenvalue weighted by Crippen LogP contribution is 2.12. The maximum atomic E-state index is 13.6. The van der Waals surface area contributed by atoms with Crippen molar-refractivity contribution in [3.63, 3.8) is 0 Å². The molecule has 0 saturated heterocycles. The van der Waals surface area contributed by atoms with Crippen LogP contribution in [0.5, 0.6) is 5.75 Å². The number of halogens is 1. The van der Waals surface area contributed by atoms with E-state index >= 15 is 0 Å². The Kier molecular flexibility index (Phi) is 5.86. The summed E-state index contributed by atoms with van der Waals surface area (Å²) in [6.07, 6.45) is 0.949. The molecule has 0 unspecified atom stereocenters. The molecule has 0 aliphatic rings. The van der Waals surface area contributed by atoms with E-state index < -0.39 is 5.91 Å². The number of amides is 1. The van der Waals surface area contributed by atoms with E-state index in [-0.39, 0.29) is 12.4 Å². The van der Waals surface area contributed by atoms with Gasteiger partial charge < -0.3 is 4.74 Å². The lowest BCUT2D eigenvalue weighted by atomic mass is 10.1. The molecule has 0 atom stereocenters. The SMILES string of the molecule is CCc1ccc(OCC(=O)N/N=C(/C)c2ccccc2F)cc1. The Hall–Kier alpha value is -2.69. The highest BCUT2D eigenvalue weighted by Gasteiger charge is 2.06. The number of hydrazone groups is 1. The number of benzene rings is 2. The smallest absolute Gasteiger partial charge is 0.277 e. The number of aryl methyl sites for hydroxylation is 1. The van der Waals surface area contributed by atoms with E-state index in [1.54, 1.807) is 25.1 Å². The molecule has 1 N–H and O–H groups in total. The molecule has 0 fully saturated rings. The van der Waals surface area contributed by atoms with Crippen LogP contribution in [0.15, 0.2) is 53.6 Å². The van der Waals surface area contributed by atoms with Gasteiger partial charge in [0.25, 0.3) is 5.91 Å². The van der Waals surface area contributed by atoms with Crippen molar-refractivity contribution < 1.29 is 13.9 Å². The Bertz CT molecular complexity index is 696. The van der Waals surface area contributed by atoms with Crippen LogP contribution in [0.4, 0.5) is 4.39 Å². The molecule has 5 heteroatoms. The van der Waals surface area contributed by atoms with Crippen LogP contribution in [0, 0.1) is 5.82 Å². The zero-order chi connectivity index (χ0) is 16.7. The van der Waals surface area contributed by atoms with Crippen molar-refractivity contribution in [2.75, 3.05) is 6.61 Å². The quantitative estimate of drug-likeness (QED) is 0.657. The summed E-state index contributed by atoms with van der Waals surface area (Å²) < 4.78 is 19.0. The van der Waals surface area contributed by atoms with Crippen LogP contribution in [0.1, 0.15) is 25.0 Å². The van der Waals surface area contributed by atoms with Gasteiger partial charge in [-0.25, -0.2) is 9.82 Å². The summed E-state index contributed by atoms with van der Waals surface area (Å²) in [5, 5.41) is 3.89. The maximum absolute atomic E-state index is 13.6. The molecule has 2 rings (SSSR count). The van der Waals surface area contributed by atoms with Gasteiger partial charge in [-0.3, -0.25) is 4.79 Å². The topological polar surface area (TPSA) is 50.7 Å². The number of carbonyl (C=O) groups excluding carboxylic acids is 1. The van der Waals surface area contributed by atoms with Gasteiger partial charge >= 0.3 is 0 Å². The molecule has 2 aromatic rings. The highest BCUT2D eigenvalue weighted by atomic mass is 19.1. The standard InChI is InChI=1S/C18H19FN2O2/c1-3-14-8-10-15(11-9-14)23-12-18(22)21-20-13(2)16-6-4-5-7-17(16)19/h4-11H,3,12H2,1-2H3,(H,21,22)/b20-13-. The minimum Gasteiger partial charge on any atom is -0.484 e. The van der Waals surface area contributed by atoms with Gasteiger partial charge in [-0.05, 0) is 37.1 Å². The normalized spacial score (nSPS) is 11.2. The summed E-state index contributed by atoms with van der Waals surface area (Å²) in [7, 11) is 0. The van der Waals surface area contributed by atoms with Crippen molar-refractivity contribution in [1.29, 1.82) is 0 Å². The second-order valence-corrected chi connectivity index (χ2v) is 5.00. The number of nitrogens with one attached hydrogen (secondary N) is 1. The summed E-state index contributed by atoms with van der Waals surface area (Å²) >= 11 is 0. The van der Waals surface area contributed by atoms with Gasteiger partial charge in [-0.1, -0.05) is 37.3 Å². The number of ether oxygens (including phenoxy) is 1. The number of hydrogen-bond acceptors (Lipinski definition) is 3. The Morgan fingerprint density at radius 2 is 1.87 bits per heavy atom. The first-order valence-corrected chi connectivity index (χ1v) is 7.40. The molecule has 0 aliphatic carbocycles. The van der Waals surface area contributed by atoms with E-state index in [9.17, 15) is 9.18 Å². The molecule has 0 heterocycles. The third-order valence-corrected chi connectivity index (χ3v) is 3.31. The average Bonchev–Trinajstić information content (AvgIpc) is 2.58. The lowest BCUT2D eigenvalue weighted by molar-refractivity contribution is -0.123. The molecule has 23 heavy (non-hydrogen) atoms. The molecular weight excluding hydrogens is 295 g/mol. The number of rotatable bonds is 6. The Labute approximate surface area is 135 Å². The molecule has 0 radical (unpaired) electrons. The van der Waals surface area contributed by atoms with Crippen LogP contribution in [-0.2, 0) is 11.2 Å². The summed E-state index contributed by atoms with van der Waals surface area (Å²) in [4.78, 5) is 11.7. The summed E-state index contributed by atoms with van der Waals surface area (Å²) in [6, 6.07) is 13.8. The first-order chi connectivity index (χ1) is 11.1. The Morgan fingerprint density at radius 3 is 2.52 bits per heavy atom. The lowest BCUT2D eigenvalue weighted by Crippen LogP contribution is -2.25. The Balaban J connectivity index is 1.87. The van der Waals surface area contributed by atoms with Crippen molar-refractivity contribution in [1.82, 2.24) is 5.43 Å². The van der Waals surface area contributed by atoms with Crippen molar-refractivity contribution in [3.05, 3.63) is 65.5 Å². The average molecular weight is 314 g/mol. The third-order valence-electron chi connectivity index (χ3n) is 3.31. The van der Waals surface area contributed by atoms with Crippen molar-refractivity contribution >= 4 is 11.6 Å². The fraction of sp³-hybridized carbons (Fsp3) is 0.222. The first kappa shape index (κ1) is 16.7. The second kappa shape index (κ2) is 8.08. The maximum Gasteiger partial charge on any atom is 0.277 e. The molecular formula is C18H19FN2O2. The van der Waals surface area contributed by atoms with Crippen LogP contribution in [-0.4, -0.2) is 18.2 Å². The minimum atomic E-state index is -0.403. The van der Waals surface area contributed by atoms with Gasteiger partial charge in [-0.15, -0.1) is 0 Å². The fourth-order valence-electron chi connectivity index (χ4n) is 1.96. The summed E-state index contributed by atoms with van der Waals surface area (Å²) in [5.74, 6) is -0.164. The Morgan fingerprint density at radius 1 is 1.17 bits per heavy atom. The van der Waals surface area contributed by atoms with Crippen LogP contribution in [0.2, 0.25) is 0 Å². The fourth-order valence-corrected chi connectivity index (χ4v) is 1.96. The molecule has 0 saturated carbocycles. The van der Waals surface area contributed by atoms with E-state index in [4.69, 9.17) is 4.74 Å². The monoisotopic (exact) mass is 314 g/mol. The zero-order valence-corrected chi connectivity index (χ0v) is 13.2. The first-order valence-electron chi connectivity index (χ1n) is 7.40. The van der Waals surface area contributed by atoms with Crippen LogP contribution in [0.25, 0.3) is 0 Å². The van der Waals surface area contributed by atoms with E-state index in [2.05, 4.69) is 17.5 Å². The summed E-state index contributed by atoms with van der Waals surface area (Å²) in [5.41, 5.74) is 4.30. The van der Waals surface area contributed by atoms with E-state index in [0.29, 0.717) is 17.0 Å². The van der Waals surface area contributed by atoms with Gasteiger partial charge in [0, 0.05) is 5.56 Å². The van der Waals surface area contributed by atoms with Crippen LogP contribution in [0.3, 0.4) is 0 Å². The largest absolute Gasteiger partial charge is 0.484 e. The molecule has 0 aliphatic heterocycles. The van der Waals surface area contributed by atoms with E-state index in [0.717, 1.165) is 6.42 Å². The molecule has 2 aromatic carbocycles. The molecule has 0 bridgehead atoms. The minimum absolute atomic E-state index is 0.153. The molecule has 1 amide bonds. The molecule has 4 nitrogen and oxygen atoms in total. The van der Waals surface area contributed by atoms with Crippen molar-refractivity contribution in [2.45, 2.75) is 20.3 Å². The third kappa shape index (κ3) is 4.92. The number of carbonyl (C=O) groups is 1. The van der Waals surface area contributed by atoms with Crippen LogP contribution >= 0.6 is 0 Å². The van der Waals surface area contributed by atoms with Crippen LogP contribution < -0.4 is 10.2 Å². The van der Waals surface area contributed by atoms with Gasteiger partial charge in [0.1, 0.15) is 11.6 Å². The van der Waals surface area contributed by atoms with E-state index in [1.165, 1.54) is 11.6 Å². The predicted molar refractivity (Wildman–Crippen MR) is 88.1 cm³/mol. The number of nitrogens with zero attached hydrogens (tertiary/aromatic N) is 1. The molecule has 0 spiro atoms. The predicted octanol–water partition coefficient (Wildman–Crippen LogP) is 3.31. The van der Waals surface area contributed by atoms with Gasteiger partial charge in [-0.2, -0.15) is 5.10 Å². The number of hydrogen-bond donors (Lipinski definition) is 1. The lowest BCUT2D eigenvalue weighted by Gasteiger charge is -2.07. The molecule has 120 valence electrons. The highest BCUT2D eigenvalue weighted by molar-refractivity contribution is 5.99. The van der Waals surface area contributed by atoms with Gasteiger partial charge in [0.05, 0.1) is 5.71 Å². The van der Waals surface area contributed by atoms with E-state index in [1.807, 2.05) is 24.3 Å². The molecule has 0 aromatic heterocycles. The van der Waals surface area contributed by atoms with Gasteiger partial charge in [0.15, 0.2) is 6.61 Å². The summed E-state index contributed by atoms with van der Waals surface area (Å²) in [6.45, 7) is 3.54. The van der Waals surface area contributed by atoms with Crippen molar-refractivity contribution in [3.8, 4) is 5.75 Å².